The minimum Gasteiger partial charge on any atom is -0.462 e. The number of methoxy groups -OCH3 is 1. The van der Waals surface area contributed by atoms with Gasteiger partial charge in [0.25, 0.3) is 5.91 Å². The van der Waals surface area contributed by atoms with Crippen molar-refractivity contribution in [2.24, 2.45) is 0 Å². The highest BCUT2D eigenvalue weighted by Crippen LogP contribution is 2.37. The number of alkyl halides is 3. The maximum atomic E-state index is 13.6. The first-order chi connectivity index (χ1) is 16.0. The lowest BCUT2D eigenvalue weighted by Crippen LogP contribution is -2.28. The molecule has 34 heavy (non-hydrogen) atoms. The fourth-order valence-corrected chi connectivity index (χ4v) is 4.15. The number of aryl methyl sites for hydroxylation is 1. The number of esters is 1. The van der Waals surface area contributed by atoms with Crippen molar-refractivity contribution in [3.63, 3.8) is 0 Å². The molecule has 0 aliphatic carbocycles. The number of aromatic nitrogens is 1. The SMILES string of the molecule is CCOC(=O)C1=C(C)N(CCOC)C(=O)/C1=C/c1cc(C)n(-c2ccccc2C(F)(F)F)c1C. The third kappa shape index (κ3) is 4.65. The molecule has 1 aliphatic heterocycles. The summed E-state index contributed by atoms with van der Waals surface area (Å²) in [6.07, 6.45) is -2.99. The Morgan fingerprint density at radius 1 is 1.15 bits per heavy atom. The van der Waals surface area contributed by atoms with E-state index in [-0.39, 0.29) is 36.6 Å². The number of ether oxygens (including phenoxy) is 2. The maximum absolute atomic E-state index is 13.6. The molecule has 1 aromatic carbocycles. The lowest BCUT2D eigenvalue weighted by molar-refractivity contribution is -0.138. The van der Waals surface area contributed by atoms with Crippen molar-refractivity contribution in [2.75, 3.05) is 26.9 Å². The molecule has 0 radical (unpaired) electrons. The monoisotopic (exact) mass is 476 g/mol. The summed E-state index contributed by atoms with van der Waals surface area (Å²) in [5, 5.41) is 0. The molecule has 1 amide bonds. The van der Waals surface area contributed by atoms with E-state index in [4.69, 9.17) is 9.47 Å². The second-order valence-corrected chi connectivity index (χ2v) is 7.87. The summed E-state index contributed by atoms with van der Waals surface area (Å²) in [5.41, 5.74) is 1.55. The lowest BCUT2D eigenvalue weighted by Gasteiger charge is -2.17. The molecule has 3 rings (SSSR count). The normalized spacial score (nSPS) is 15.6. The standard InChI is InChI=1S/C25H27F3N2O4/c1-6-34-24(32)22-17(4)29(11-12-33-5)23(31)19(22)14-18-13-15(2)30(16(18)3)21-10-8-7-9-20(21)25(26,27)28/h7-10,13-14H,6,11-12H2,1-5H3/b19-14+. The zero-order chi connectivity index (χ0) is 25.2. The first-order valence-corrected chi connectivity index (χ1v) is 10.8. The topological polar surface area (TPSA) is 60.8 Å². The van der Waals surface area contributed by atoms with E-state index >= 15 is 0 Å². The molecule has 0 atom stereocenters. The Hall–Kier alpha value is -3.33. The number of hydrogen-bond acceptors (Lipinski definition) is 4. The van der Waals surface area contributed by atoms with Crippen LogP contribution in [0.4, 0.5) is 13.2 Å². The summed E-state index contributed by atoms with van der Waals surface area (Å²) in [5.74, 6) is -1.02. The number of carbonyl (C=O) groups excluding carboxylic acids is 2. The highest BCUT2D eigenvalue weighted by molar-refractivity contribution is 6.16. The van der Waals surface area contributed by atoms with Crippen LogP contribution in [0.3, 0.4) is 0 Å². The molecule has 1 aliphatic rings. The zero-order valence-corrected chi connectivity index (χ0v) is 19.7. The lowest BCUT2D eigenvalue weighted by atomic mass is 10.0. The van der Waals surface area contributed by atoms with Crippen LogP contribution in [0.5, 0.6) is 0 Å². The van der Waals surface area contributed by atoms with Gasteiger partial charge < -0.3 is 18.9 Å². The van der Waals surface area contributed by atoms with Gasteiger partial charge in [-0.15, -0.1) is 0 Å². The molecule has 2 heterocycles. The molecule has 182 valence electrons. The van der Waals surface area contributed by atoms with Crippen molar-refractivity contribution in [3.8, 4) is 5.69 Å². The minimum atomic E-state index is -4.53. The molecule has 0 saturated carbocycles. The van der Waals surface area contributed by atoms with E-state index in [9.17, 15) is 22.8 Å². The van der Waals surface area contributed by atoms with Gasteiger partial charge in [-0.05, 0) is 57.5 Å². The highest BCUT2D eigenvalue weighted by atomic mass is 19.4. The summed E-state index contributed by atoms with van der Waals surface area (Å²) in [7, 11) is 1.51. The van der Waals surface area contributed by atoms with E-state index in [0.717, 1.165) is 6.07 Å². The van der Waals surface area contributed by atoms with E-state index in [2.05, 4.69) is 0 Å². The van der Waals surface area contributed by atoms with Gasteiger partial charge in [-0.25, -0.2) is 4.79 Å². The number of allylic oxidation sites excluding steroid dienone is 1. The van der Waals surface area contributed by atoms with Gasteiger partial charge in [-0.1, -0.05) is 12.1 Å². The molecule has 0 N–H and O–H groups in total. The third-order valence-corrected chi connectivity index (χ3v) is 5.73. The van der Waals surface area contributed by atoms with E-state index < -0.39 is 23.6 Å². The fraction of sp³-hybridized carbons (Fsp3) is 0.360. The average molecular weight is 476 g/mol. The molecule has 9 heteroatoms. The zero-order valence-electron chi connectivity index (χ0n) is 19.7. The molecule has 0 unspecified atom stereocenters. The molecule has 0 saturated heterocycles. The van der Waals surface area contributed by atoms with Crippen molar-refractivity contribution >= 4 is 18.0 Å². The maximum Gasteiger partial charge on any atom is 0.418 e. The van der Waals surface area contributed by atoms with E-state index in [1.807, 2.05) is 0 Å². The number of carbonyl (C=O) groups is 2. The molecule has 1 aromatic heterocycles. The Morgan fingerprint density at radius 3 is 2.44 bits per heavy atom. The number of nitrogens with zero attached hydrogens (tertiary/aromatic N) is 2. The molecular formula is C25H27F3N2O4. The summed E-state index contributed by atoms with van der Waals surface area (Å²) >= 11 is 0. The third-order valence-electron chi connectivity index (χ3n) is 5.73. The summed E-state index contributed by atoms with van der Waals surface area (Å²) < 4.78 is 52.7. The molecule has 6 nitrogen and oxygen atoms in total. The van der Waals surface area contributed by atoms with Crippen LogP contribution in [0.25, 0.3) is 11.8 Å². The van der Waals surface area contributed by atoms with E-state index in [0.29, 0.717) is 22.6 Å². The summed E-state index contributed by atoms with van der Waals surface area (Å²) in [6.45, 7) is 7.35. The predicted molar refractivity (Wildman–Crippen MR) is 121 cm³/mol. The van der Waals surface area contributed by atoms with Gasteiger partial charge in [0.05, 0.1) is 35.6 Å². The molecule has 2 aromatic rings. The van der Waals surface area contributed by atoms with Crippen LogP contribution in [0.1, 0.15) is 36.4 Å². The number of hydrogen-bond donors (Lipinski definition) is 0. The van der Waals surface area contributed by atoms with Gasteiger partial charge in [0.2, 0.25) is 0 Å². The summed E-state index contributed by atoms with van der Waals surface area (Å²) in [4.78, 5) is 27.3. The van der Waals surface area contributed by atoms with Gasteiger partial charge in [0.1, 0.15) is 0 Å². The van der Waals surface area contributed by atoms with Gasteiger partial charge in [-0.3, -0.25) is 4.79 Å². The van der Waals surface area contributed by atoms with Crippen molar-refractivity contribution < 1.29 is 32.2 Å². The van der Waals surface area contributed by atoms with Gasteiger partial charge >= 0.3 is 12.1 Å². The number of para-hydroxylation sites is 1. The number of benzene rings is 1. The van der Waals surface area contributed by atoms with Crippen LogP contribution in [-0.4, -0.2) is 48.2 Å². The Labute approximate surface area is 196 Å². The largest absolute Gasteiger partial charge is 0.462 e. The van der Waals surface area contributed by atoms with E-state index in [1.165, 1.54) is 28.7 Å². The fourth-order valence-electron chi connectivity index (χ4n) is 4.15. The molecule has 0 bridgehead atoms. The first-order valence-electron chi connectivity index (χ1n) is 10.8. The van der Waals surface area contributed by atoms with Crippen LogP contribution in [0, 0.1) is 13.8 Å². The number of rotatable bonds is 7. The van der Waals surface area contributed by atoms with Gasteiger partial charge in [-0.2, -0.15) is 13.2 Å². The quantitative estimate of drug-likeness (QED) is 0.425. The molecule has 0 spiro atoms. The first kappa shape index (κ1) is 25.3. The van der Waals surface area contributed by atoms with Crippen molar-refractivity contribution in [2.45, 2.75) is 33.9 Å². The average Bonchev–Trinajstić information content (AvgIpc) is 3.18. The van der Waals surface area contributed by atoms with Crippen molar-refractivity contribution in [3.05, 3.63) is 69.7 Å². The second kappa shape index (κ2) is 9.89. The van der Waals surface area contributed by atoms with Crippen LogP contribution < -0.4 is 0 Å². The van der Waals surface area contributed by atoms with E-state index in [1.54, 1.807) is 45.9 Å². The van der Waals surface area contributed by atoms with Crippen molar-refractivity contribution in [1.29, 1.82) is 0 Å². The van der Waals surface area contributed by atoms with Gasteiger partial charge in [0.15, 0.2) is 0 Å². The highest BCUT2D eigenvalue weighted by Gasteiger charge is 2.38. The van der Waals surface area contributed by atoms with Crippen molar-refractivity contribution in [1.82, 2.24) is 9.47 Å². The Kier molecular flexibility index (Phi) is 7.35. The minimum absolute atomic E-state index is 0.00791. The predicted octanol–water partition coefficient (Wildman–Crippen LogP) is 4.82. The summed E-state index contributed by atoms with van der Waals surface area (Å²) in [6, 6.07) is 7.01. The van der Waals surface area contributed by atoms with Crippen LogP contribution >= 0.6 is 0 Å². The Morgan fingerprint density at radius 2 is 1.82 bits per heavy atom. The number of amides is 1. The van der Waals surface area contributed by atoms with Crippen LogP contribution in [-0.2, 0) is 25.2 Å². The van der Waals surface area contributed by atoms with Crippen LogP contribution in [0.2, 0.25) is 0 Å². The van der Waals surface area contributed by atoms with Gasteiger partial charge in [0, 0.05) is 30.7 Å². The number of halogens is 3. The second-order valence-electron chi connectivity index (χ2n) is 7.87. The Balaban J connectivity index is 2.15. The smallest absolute Gasteiger partial charge is 0.418 e. The molecule has 0 fully saturated rings. The Bertz CT molecular complexity index is 1180. The van der Waals surface area contributed by atoms with Crippen LogP contribution in [0.15, 0.2) is 47.2 Å². The molecular weight excluding hydrogens is 449 g/mol.